The summed E-state index contributed by atoms with van der Waals surface area (Å²) in [5.74, 6) is 1.72. The molecule has 1 aromatic carbocycles. The van der Waals surface area contributed by atoms with Crippen LogP contribution in [0.4, 0.5) is 5.69 Å². The molecule has 3 rings (SSSR count). The molecule has 0 radical (unpaired) electrons. The van der Waals surface area contributed by atoms with Gasteiger partial charge in [-0.05, 0) is 37.8 Å². The summed E-state index contributed by atoms with van der Waals surface area (Å²) in [6.45, 7) is 1.28. The Morgan fingerprint density at radius 1 is 1.05 bits per heavy atom. The Morgan fingerprint density at radius 3 is 2.47 bits per heavy atom. The molecule has 1 saturated carbocycles. The van der Waals surface area contributed by atoms with Gasteiger partial charge in [-0.1, -0.05) is 0 Å². The van der Waals surface area contributed by atoms with Crippen molar-refractivity contribution >= 4 is 5.69 Å². The normalized spacial score (nSPS) is 26.0. The smallest absolute Gasteiger partial charge is 0.163 e. The third-order valence-electron chi connectivity index (χ3n) is 4.22. The summed E-state index contributed by atoms with van der Waals surface area (Å²) in [5.41, 5.74) is 7.17. The van der Waals surface area contributed by atoms with Gasteiger partial charge in [0.25, 0.3) is 0 Å². The number of hydrogen-bond acceptors (Lipinski definition) is 4. The third-order valence-corrected chi connectivity index (χ3v) is 4.22. The lowest BCUT2D eigenvalue weighted by Crippen LogP contribution is -2.38. The number of ether oxygens (including phenoxy) is 2. The Balaban J connectivity index is 1.74. The van der Waals surface area contributed by atoms with E-state index in [-0.39, 0.29) is 0 Å². The predicted molar refractivity (Wildman–Crippen MR) is 76.1 cm³/mol. The molecule has 1 aliphatic heterocycles. The maximum atomic E-state index is 5.97. The van der Waals surface area contributed by atoms with E-state index in [1.54, 1.807) is 0 Å². The van der Waals surface area contributed by atoms with Crippen LogP contribution in [-0.2, 0) is 0 Å². The SMILES string of the molecule is CN(c1ccc2c(c1)OCCO2)C1CCC(N)CC1. The molecule has 1 aliphatic carbocycles. The van der Waals surface area contributed by atoms with Crippen LogP contribution >= 0.6 is 0 Å². The van der Waals surface area contributed by atoms with Crippen LogP contribution in [-0.4, -0.2) is 32.3 Å². The summed E-state index contributed by atoms with van der Waals surface area (Å²) in [6, 6.07) is 7.19. The van der Waals surface area contributed by atoms with E-state index < -0.39 is 0 Å². The van der Waals surface area contributed by atoms with Crippen molar-refractivity contribution in [1.82, 2.24) is 0 Å². The summed E-state index contributed by atoms with van der Waals surface area (Å²) < 4.78 is 11.2. The number of rotatable bonds is 2. The maximum Gasteiger partial charge on any atom is 0.163 e. The minimum Gasteiger partial charge on any atom is -0.486 e. The second-order valence-electron chi connectivity index (χ2n) is 5.51. The molecule has 0 saturated heterocycles. The van der Waals surface area contributed by atoms with Crippen LogP contribution in [0.1, 0.15) is 25.7 Å². The zero-order valence-electron chi connectivity index (χ0n) is 11.5. The topological polar surface area (TPSA) is 47.7 Å². The van der Waals surface area contributed by atoms with Gasteiger partial charge in [-0.2, -0.15) is 0 Å². The number of fused-ring (bicyclic) bond motifs is 1. The fourth-order valence-electron chi connectivity index (χ4n) is 2.95. The number of anilines is 1. The van der Waals surface area contributed by atoms with Gasteiger partial charge < -0.3 is 20.1 Å². The van der Waals surface area contributed by atoms with Crippen LogP contribution in [0.2, 0.25) is 0 Å². The van der Waals surface area contributed by atoms with Crippen molar-refractivity contribution in [2.75, 3.05) is 25.2 Å². The van der Waals surface area contributed by atoms with E-state index >= 15 is 0 Å². The van der Waals surface area contributed by atoms with Gasteiger partial charge in [0.15, 0.2) is 11.5 Å². The highest BCUT2D eigenvalue weighted by molar-refractivity contribution is 5.57. The van der Waals surface area contributed by atoms with E-state index in [1.807, 2.05) is 6.07 Å². The lowest BCUT2D eigenvalue weighted by atomic mass is 9.91. The van der Waals surface area contributed by atoms with Gasteiger partial charge >= 0.3 is 0 Å². The van der Waals surface area contributed by atoms with E-state index in [4.69, 9.17) is 15.2 Å². The largest absolute Gasteiger partial charge is 0.486 e. The molecule has 0 bridgehead atoms. The summed E-state index contributed by atoms with van der Waals surface area (Å²) >= 11 is 0. The minimum absolute atomic E-state index is 0.393. The fraction of sp³-hybridized carbons (Fsp3) is 0.600. The van der Waals surface area contributed by atoms with E-state index in [0.717, 1.165) is 24.3 Å². The maximum absolute atomic E-state index is 5.97. The highest BCUT2D eigenvalue weighted by Gasteiger charge is 2.23. The van der Waals surface area contributed by atoms with Crippen molar-refractivity contribution < 1.29 is 9.47 Å². The predicted octanol–water partition coefficient (Wildman–Crippen LogP) is 2.16. The minimum atomic E-state index is 0.393. The molecule has 1 heterocycles. The molecule has 2 N–H and O–H groups in total. The average molecular weight is 262 g/mol. The Morgan fingerprint density at radius 2 is 1.74 bits per heavy atom. The molecule has 0 spiro atoms. The molecular formula is C15H22N2O2. The second kappa shape index (κ2) is 5.29. The van der Waals surface area contributed by atoms with Gasteiger partial charge in [0.05, 0.1) is 0 Å². The van der Waals surface area contributed by atoms with Crippen LogP contribution in [0, 0.1) is 0 Å². The molecule has 1 fully saturated rings. The van der Waals surface area contributed by atoms with Gasteiger partial charge in [-0.3, -0.25) is 0 Å². The molecule has 1 aromatic rings. The first-order valence-electron chi connectivity index (χ1n) is 7.12. The summed E-state index contributed by atoms with van der Waals surface area (Å²) in [4.78, 5) is 2.35. The van der Waals surface area contributed by atoms with Gasteiger partial charge in [0.1, 0.15) is 13.2 Å². The summed E-state index contributed by atoms with van der Waals surface area (Å²) in [6.07, 6.45) is 4.59. The first kappa shape index (κ1) is 12.6. The molecule has 0 atom stereocenters. The van der Waals surface area contributed by atoms with E-state index in [0.29, 0.717) is 25.3 Å². The molecule has 0 unspecified atom stereocenters. The lowest BCUT2D eigenvalue weighted by Gasteiger charge is -2.35. The Hall–Kier alpha value is -1.42. The first-order valence-corrected chi connectivity index (χ1v) is 7.12. The van der Waals surface area contributed by atoms with Crippen molar-refractivity contribution in [1.29, 1.82) is 0 Å². The molecular weight excluding hydrogens is 240 g/mol. The number of hydrogen-bond donors (Lipinski definition) is 1. The van der Waals surface area contributed by atoms with Gasteiger partial charge in [-0.25, -0.2) is 0 Å². The second-order valence-corrected chi connectivity index (χ2v) is 5.51. The lowest BCUT2D eigenvalue weighted by molar-refractivity contribution is 0.171. The molecule has 19 heavy (non-hydrogen) atoms. The van der Waals surface area contributed by atoms with Gasteiger partial charge in [-0.15, -0.1) is 0 Å². The van der Waals surface area contributed by atoms with Crippen LogP contribution < -0.4 is 20.1 Å². The van der Waals surface area contributed by atoms with Crippen molar-refractivity contribution in [3.05, 3.63) is 18.2 Å². The van der Waals surface area contributed by atoms with E-state index in [2.05, 4.69) is 24.1 Å². The van der Waals surface area contributed by atoms with E-state index in [1.165, 1.54) is 18.5 Å². The van der Waals surface area contributed by atoms with Gasteiger partial charge in [0, 0.05) is 30.9 Å². The summed E-state index contributed by atoms with van der Waals surface area (Å²) in [7, 11) is 2.16. The molecule has 0 amide bonds. The molecule has 0 aromatic heterocycles. The van der Waals surface area contributed by atoms with Crippen LogP contribution in [0.5, 0.6) is 11.5 Å². The highest BCUT2D eigenvalue weighted by Crippen LogP contribution is 2.35. The summed E-state index contributed by atoms with van der Waals surface area (Å²) in [5, 5.41) is 0. The third kappa shape index (κ3) is 2.63. The van der Waals surface area contributed by atoms with Crippen LogP contribution in [0.15, 0.2) is 18.2 Å². The molecule has 2 aliphatic rings. The molecule has 104 valence electrons. The standard InChI is InChI=1S/C15H22N2O2/c1-17(12-4-2-11(16)3-5-12)13-6-7-14-15(10-13)19-9-8-18-14/h6-7,10-12H,2-5,8-9,16H2,1H3. The Labute approximate surface area is 114 Å². The van der Waals surface area contributed by atoms with Crippen molar-refractivity contribution in [3.8, 4) is 11.5 Å². The Bertz CT molecular complexity index is 442. The molecule has 4 heteroatoms. The van der Waals surface area contributed by atoms with Crippen molar-refractivity contribution in [3.63, 3.8) is 0 Å². The first-order chi connectivity index (χ1) is 9.24. The number of benzene rings is 1. The van der Waals surface area contributed by atoms with E-state index in [9.17, 15) is 0 Å². The fourth-order valence-corrected chi connectivity index (χ4v) is 2.95. The number of nitrogens with zero attached hydrogens (tertiary/aromatic N) is 1. The highest BCUT2D eigenvalue weighted by atomic mass is 16.6. The zero-order valence-corrected chi connectivity index (χ0v) is 11.5. The average Bonchev–Trinajstić information content (AvgIpc) is 2.47. The molecule has 4 nitrogen and oxygen atoms in total. The van der Waals surface area contributed by atoms with Crippen molar-refractivity contribution in [2.45, 2.75) is 37.8 Å². The quantitative estimate of drug-likeness (QED) is 0.887. The Kier molecular flexibility index (Phi) is 3.51. The van der Waals surface area contributed by atoms with Gasteiger partial charge in [0.2, 0.25) is 0 Å². The van der Waals surface area contributed by atoms with Crippen molar-refractivity contribution in [2.24, 2.45) is 5.73 Å². The van der Waals surface area contributed by atoms with Crippen LogP contribution in [0.25, 0.3) is 0 Å². The monoisotopic (exact) mass is 262 g/mol. The van der Waals surface area contributed by atoms with Crippen LogP contribution in [0.3, 0.4) is 0 Å². The number of nitrogens with two attached hydrogens (primary N) is 1. The zero-order chi connectivity index (χ0) is 13.2.